The molecule has 0 bridgehead atoms. The predicted octanol–water partition coefficient (Wildman–Crippen LogP) is 2.90. The van der Waals surface area contributed by atoms with Gasteiger partial charge in [-0.1, -0.05) is 0 Å². The van der Waals surface area contributed by atoms with Gasteiger partial charge in [-0.25, -0.2) is 9.20 Å². The zero-order valence-electron chi connectivity index (χ0n) is 11.2. The molecule has 0 spiro atoms. The lowest BCUT2D eigenvalue weighted by Gasteiger charge is -2.06. The summed E-state index contributed by atoms with van der Waals surface area (Å²) in [7, 11) is 1.42. The van der Waals surface area contributed by atoms with E-state index in [-0.39, 0.29) is 0 Å². The van der Waals surface area contributed by atoms with E-state index in [1.807, 2.05) is 14.1 Å². The summed E-state index contributed by atoms with van der Waals surface area (Å²) in [5.74, 6) is 0. The van der Waals surface area contributed by atoms with E-state index in [0.29, 0.717) is 21.4 Å². The van der Waals surface area contributed by atoms with Crippen LogP contribution in [0.25, 0.3) is 0 Å². The van der Waals surface area contributed by atoms with Gasteiger partial charge in [-0.3, -0.25) is 0 Å². The Morgan fingerprint density at radius 2 is 2.05 bits per heavy atom. The van der Waals surface area contributed by atoms with Crippen molar-refractivity contribution in [1.82, 2.24) is 4.90 Å². The number of nitrogens with zero attached hydrogens (tertiary/aromatic N) is 4. The first-order valence-electron chi connectivity index (χ1n) is 5.34. The SMILES string of the molecule is CN(C)/C=N/c1cc(N=S(C)(C)=O)cc(Br)c1C#N. The minimum atomic E-state index is -2.25. The van der Waals surface area contributed by atoms with Crippen molar-refractivity contribution in [2.75, 3.05) is 26.6 Å². The third kappa shape index (κ3) is 5.01. The van der Waals surface area contributed by atoms with Crippen LogP contribution in [-0.4, -0.2) is 42.1 Å². The van der Waals surface area contributed by atoms with Gasteiger partial charge in [0.2, 0.25) is 0 Å². The number of halogens is 1. The molecule has 7 heteroatoms. The largest absolute Gasteiger partial charge is 0.369 e. The van der Waals surface area contributed by atoms with Crippen molar-refractivity contribution in [3.63, 3.8) is 0 Å². The first-order valence-corrected chi connectivity index (χ1v) is 8.47. The summed E-state index contributed by atoms with van der Waals surface area (Å²) in [6.45, 7) is 0. The lowest BCUT2D eigenvalue weighted by Crippen LogP contribution is -2.07. The topological polar surface area (TPSA) is 68.8 Å². The second-order valence-corrected chi connectivity index (χ2v) is 7.81. The zero-order chi connectivity index (χ0) is 14.6. The third-order valence-corrected chi connectivity index (χ3v) is 3.19. The number of rotatable bonds is 3. The Bertz CT molecular complexity index is 659. The van der Waals surface area contributed by atoms with Crippen molar-refractivity contribution in [2.24, 2.45) is 9.36 Å². The minimum Gasteiger partial charge on any atom is -0.369 e. The van der Waals surface area contributed by atoms with Crippen LogP contribution in [0.15, 0.2) is 26.0 Å². The number of hydrogen-bond donors (Lipinski definition) is 0. The highest BCUT2D eigenvalue weighted by Crippen LogP contribution is 2.32. The van der Waals surface area contributed by atoms with E-state index >= 15 is 0 Å². The van der Waals surface area contributed by atoms with Crippen LogP contribution >= 0.6 is 15.9 Å². The van der Waals surface area contributed by atoms with Gasteiger partial charge < -0.3 is 4.90 Å². The van der Waals surface area contributed by atoms with Gasteiger partial charge in [0.05, 0.1) is 23.3 Å². The Hall–Kier alpha value is -1.39. The Morgan fingerprint density at radius 1 is 1.42 bits per heavy atom. The van der Waals surface area contributed by atoms with Crippen molar-refractivity contribution < 1.29 is 4.21 Å². The van der Waals surface area contributed by atoms with Gasteiger partial charge >= 0.3 is 0 Å². The van der Waals surface area contributed by atoms with Gasteiger partial charge in [-0.2, -0.15) is 9.62 Å². The number of hydrogen-bond acceptors (Lipinski definition) is 4. The Kier molecular flexibility index (Phi) is 5.09. The molecule has 0 amide bonds. The van der Waals surface area contributed by atoms with E-state index in [0.717, 1.165) is 0 Å². The molecule has 5 nitrogen and oxygen atoms in total. The molecule has 102 valence electrons. The Balaban J connectivity index is 3.44. The summed E-state index contributed by atoms with van der Waals surface area (Å²) < 4.78 is 16.4. The summed E-state index contributed by atoms with van der Waals surface area (Å²) in [4.78, 5) is 5.99. The van der Waals surface area contributed by atoms with E-state index in [1.54, 1.807) is 35.9 Å². The summed E-state index contributed by atoms with van der Waals surface area (Å²) in [5.41, 5.74) is 1.45. The molecule has 0 saturated carbocycles. The maximum Gasteiger partial charge on any atom is 0.103 e. The molecule has 0 aliphatic rings. The molecule has 1 aromatic carbocycles. The van der Waals surface area contributed by atoms with Crippen LogP contribution in [0.5, 0.6) is 0 Å². The molecule has 0 aromatic heterocycles. The molecule has 1 aromatic rings. The van der Waals surface area contributed by atoms with E-state index in [4.69, 9.17) is 5.26 Å². The summed E-state index contributed by atoms with van der Waals surface area (Å²) in [5, 5.41) is 9.13. The lowest BCUT2D eigenvalue weighted by molar-refractivity contribution is 0.643. The molecule has 19 heavy (non-hydrogen) atoms. The van der Waals surface area contributed by atoms with E-state index < -0.39 is 9.73 Å². The number of nitriles is 1. The maximum atomic E-state index is 11.7. The highest BCUT2D eigenvalue weighted by Gasteiger charge is 2.08. The van der Waals surface area contributed by atoms with Crippen LogP contribution in [0.2, 0.25) is 0 Å². The maximum absolute atomic E-state index is 11.7. The van der Waals surface area contributed by atoms with Gasteiger partial charge in [0.1, 0.15) is 6.07 Å². The fourth-order valence-corrected chi connectivity index (χ4v) is 2.41. The molecule has 0 fully saturated rings. The van der Waals surface area contributed by atoms with Crippen molar-refractivity contribution in [1.29, 1.82) is 5.26 Å². The van der Waals surface area contributed by atoms with Crippen molar-refractivity contribution in [2.45, 2.75) is 0 Å². The van der Waals surface area contributed by atoms with E-state index in [9.17, 15) is 4.21 Å². The molecule has 0 atom stereocenters. The van der Waals surface area contributed by atoms with Crippen LogP contribution in [0.4, 0.5) is 11.4 Å². The second kappa shape index (κ2) is 6.17. The van der Waals surface area contributed by atoms with Crippen LogP contribution in [-0.2, 0) is 9.73 Å². The molecule has 0 N–H and O–H groups in total. The first-order chi connectivity index (χ1) is 8.73. The monoisotopic (exact) mass is 342 g/mol. The van der Waals surface area contributed by atoms with Crippen LogP contribution in [0, 0.1) is 11.3 Å². The van der Waals surface area contributed by atoms with Gasteiger partial charge in [0, 0.05) is 40.8 Å². The average Bonchev–Trinajstić information content (AvgIpc) is 2.23. The smallest absolute Gasteiger partial charge is 0.103 e. The van der Waals surface area contributed by atoms with Crippen molar-refractivity contribution in [3.05, 3.63) is 22.2 Å². The highest BCUT2D eigenvalue weighted by molar-refractivity contribution is 9.10. The fourth-order valence-electron chi connectivity index (χ4n) is 1.27. The number of benzene rings is 1. The lowest BCUT2D eigenvalue weighted by atomic mass is 10.2. The Labute approximate surface area is 122 Å². The highest BCUT2D eigenvalue weighted by atomic mass is 79.9. The van der Waals surface area contributed by atoms with Crippen LogP contribution in [0.1, 0.15) is 5.56 Å². The van der Waals surface area contributed by atoms with E-state index in [2.05, 4.69) is 31.4 Å². The summed E-state index contributed by atoms with van der Waals surface area (Å²) in [6, 6.07) is 5.40. The molecule has 0 radical (unpaired) electrons. The first kappa shape index (κ1) is 15.7. The molecule has 0 unspecified atom stereocenters. The molecule has 0 aliphatic carbocycles. The van der Waals surface area contributed by atoms with Crippen LogP contribution in [0.3, 0.4) is 0 Å². The molecular formula is C12H15BrN4OS. The Morgan fingerprint density at radius 3 is 2.53 bits per heavy atom. The molecule has 1 rings (SSSR count). The molecule has 0 heterocycles. The van der Waals surface area contributed by atoms with Gasteiger partial charge in [-0.15, -0.1) is 0 Å². The second-order valence-electron chi connectivity index (χ2n) is 4.41. The standard InChI is InChI=1S/C12H15BrN4OS/c1-17(2)8-15-12-6-9(16-19(3,4)18)5-11(13)10(12)7-14/h5-6,8H,1-4H3/b15-8+. The minimum absolute atomic E-state index is 0.427. The predicted molar refractivity (Wildman–Crippen MR) is 82.8 cm³/mol. The van der Waals surface area contributed by atoms with Crippen molar-refractivity contribution in [3.8, 4) is 6.07 Å². The molecule has 0 aliphatic heterocycles. The summed E-state index contributed by atoms with van der Waals surface area (Å²) >= 11 is 3.31. The zero-order valence-corrected chi connectivity index (χ0v) is 13.6. The van der Waals surface area contributed by atoms with Crippen molar-refractivity contribution >= 4 is 43.4 Å². The summed E-state index contributed by atoms with van der Waals surface area (Å²) in [6.07, 6.45) is 4.71. The van der Waals surface area contributed by atoms with E-state index in [1.165, 1.54) is 0 Å². The average molecular weight is 343 g/mol. The third-order valence-electron chi connectivity index (χ3n) is 1.92. The molecular weight excluding hydrogens is 328 g/mol. The molecule has 0 saturated heterocycles. The number of aliphatic imine (C=N–C) groups is 1. The fraction of sp³-hybridized carbons (Fsp3) is 0.333. The quantitative estimate of drug-likeness (QED) is 0.626. The van der Waals surface area contributed by atoms with Gasteiger partial charge in [-0.05, 0) is 28.1 Å². The van der Waals surface area contributed by atoms with Gasteiger partial charge in [0.15, 0.2) is 0 Å². The van der Waals surface area contributed by atoms with Gasteiger partial charge in [0.25, 0.3) is 0 Å². The normalized spacial score (nSPS) is 11.4. The van der Waals surface area contributed by atoms with Crippen LogP contribution < -0.4 is 0 Å².